The van der Waals surface area contributed by atoms with Gasteiger partial charge in [-0.2, -0.15) is 0 Å². The van der Waals surface area contributed by atoms with Crippen LogP contribution in [0, 0.1) is 0 Å². The van der Waals surface area contributed by atoms with Crippen LogP contribution in [0.1, 0.15) is 23.8 Å². The first-order valence-electron chi connectivity index (χ1n) is 9.55. The average molecular weight is 382 g/mol. The maximum Gasteiger partial charge on any atom is 0.191 e. The number of likely N-dealkylation sites (N-methyl/N-ethyl adjacent to an activating group) is 1. The third kappa shape index (κ3) is 6.87. The molecule has 2 rings (SSSR count). The molecule has 0 aromatic carbocycles. The normalized spacial score (nSPS) is 16.6. The van der Waals surface area contributed by atoms with Crippen molar-refractivity contribution in [2.45, 2.75) is 32.4 Å². The lowest BCUT2D eigenvalue weighted by Gasteiger charge is -2.32. The number of guanidine groups is 1. The van der Waals surface area contributed by atoms with Gasteiger partial charge in [-0.25, -0.2) is 0 Å². The van der Waals surface area contributed by atoms with E-state index in [4.69, 9.17) is 4.74 Å². The summed E-state index contributed by atoms with van der Waals surface area (Å²) in [5, 5.41) is 9.10. The van der Waals surface area contributed by atoms with Crippen LogP contribution in [0.4, 0.5) is 0 Å². The average Bonchev–Trinajstić information content (AvgIpc) is 3.12. The van der Waals surface area contributed by atoms with Crippen molar-refractivity contribution < 1.29 is 4.74 Å². The van der Waals surface area contributed by atoms with E-state index in [0.717, 1.165) is 58.3 Å². The second kappa shape index (κ2) is 11.5. The lowest BCUT2D eigenvalue weighted by molar-refractivity contribution is 0.180. The Balaban J connectivity index is 1.64. The van der Waals surface area contributed by atoms with Crippen LogP contribution in [0.15, 0.2) is 16.4 Å². The van der Waals surface area contributed by atoms with Crippen LogP contribution in [-0.4, -0.2) is 82.3 Å². The van der Waals surface area contributed by atoms with Crippen molar-refractivity contribution in [1.29, 1.82) is 0 Å². The number of fused-ring (bicyclic) bond motifs is 1. The van der Waals surface area contributed by atoms with Crippen LogP contribution in [0.2, 0.25) is 0 Å². The number of aliphatic imine (C=N–C) groups is 1. The fourth-order valence-corrected chi connectivity index (χ4v) is 4.09. The van der Waals surface area contributed by atoms with E-state index in [-0.39, 0.29) is 0 Å². The highest BCUT2D eigenvalue weighted by Crippen LogP contribution is 2.24. The van der Waals surface area contributed by atoms with E-state index in [0.29, 0.717) is 6.04 Å². The molecule has 1 aliphatic heterocycles. The Labute approximate surface area is 162 Å². The maximum atomic E-state index is 5.10. The Hall–Kier alpha value is -1.15. The quantitative estimate of drug-likeness (QED) is 0.367. The van der Waals surface area contributed by atoms with Gasteiger partial charge in [0.2, 0.25) is 0 Å². The third-order valence-corrected chi connectivity index (χ3v) is 5.95. The van der Waals surface area contributed by atoms with Gasteiger partial charge in [-0.3, -0.25) is 9.89 Å². The molecule has 0 fully saturated rings. The zero-order chi connectivity index (χ0) is 18.8. The van der Waals surface area contributed by atoms with Gasteiger partial charge in [0, 0.05) is 71.0 Å². The highest BCUT2D eigenvalue weighted by molar-refractivity contribution is 7.10. The highest BCUT2D eigenvalue weighted by atomic mass is 32.1. The van der Waals surface area contributed by atoms with Crippen molar-refractivity contribution in [3.63, 3.8) is 0 Å². The van der Waals surface area contributed by atoms with E-state index in [1.54, 1.807) is 12.0 Å². The molecule has 0 saturated heterocycles. The smallest absolute Gasteiger partial charge is 0.191 e. The number of hydrogen-bond donors (Lipinski definition) is 2. The van der Waals surface area contributed by atoms with Crippen LogP contribution in [0.5, 0.6) is 0 Å². The minimum Gasteiger partial charge on any atom is -0.385 e. The Kier molecular flexibility index (Phi) is 9.39. The van der Waals surface area contributed by atoms with Crippen LogP contribution in [-0.2, 0) is 17.7 Å². The van der Waals surface area contributed by atoms with Crippen molar-refractivity contribution in [3.05, 3.63) is 21.9 Å². The van der Waals surface area contributed by atoms with Gasteiger partial charge in [-0.05, 0) is 43.8 Å². The number of methoxy groups -OCH3 is 1. The largest absolute Gasteiger partial charge is 0.385 e. The van der Waals surface area contributed by atoms with Crippen molar-refractivity contribution in [3.8, 4) is 0 Å². The van der Waals surface area contributed by atoms with Gasteiger partial charge >= 0.3 is 0 Å². The molecule has 26 heavy (non-hydrogen) atoms. The van der Waals surface area contributed by atoms with Crippen LogP contribution >= 0.6 is 11.3 Å². The molecular formula is C19H35N5OS. The van der Waals surface area contributed by atoms with E-state index < -0.39 is 0 Å². The number of ether oxygens (including phenoxy) is 1. The second-order valence-electron chi connectivity index (χ2n) is 6.97. The summed E-state index contributed by atoms with van der Waals surface area (Å²) in [5.41, 5.74) is 1.51. The van der Waals surface area contributed by atoms with Crippen molar-refractivity contribution in [1.82, 2.24) is 20.4 Å². The molecule has 0 amide bonds. The van der Waals surface area contributed by atoms with E-state index in [9.17, 15) is 0 Å². The third-order valence-electron chi connectivity index (χ3n) is 4.92. The monoisotopic (exact) mass is 381 g/mol. The molecule has 1 unspecified atom stereocenters. The second-order valence-corrected chi connectivity index (χ2v) is 7.97. The molecule has 1 atom stereocenters. The fourth-order valence-electron chi connectivity index (χ4n) is 3.20. The van der Waals surface area contributed by atoms with Crippen LogP contribution < -0.4 is 10.6 Å². The molecule has 2 heterocycles. The van der Waals surface area contributed by atoms with Gasteiger partial charge in [0.15, 0.2) is 5.96 Å². The molecule has 0 saturated carbocycles. The first-order chi connectivity index (χ1) is 12.6. The topological polar surface area (TPSA) is 52.1 Å². The van der Waals surface area contributed by atoms with Gasteiger partial charge in [-0.15, -0.1) is 11.3 Å². The highest BCUT2D eigenvalue weighted by Gasteiger charge is 2.21. The lowest BCUT2D eigenvalue weighted by atomic mass is 10.1. The summed E-state index contributed by atoms with van der Waals surface area (Å²) in [4.78, 5) is 10.8. The summed E-state index contributed by atoms with van der Waals surface area (Å²) in [6.45, 7) is 9.17. The zero-order valence-corrected chi connectivity index (χ0v) is 17.6. The molecule has 2 N–H and O–H groups in total. The zero-order valence-electron chi connectivity index (χ0n) is 16.8. The van der Waals surface area contributed by atoms with Gasteiger partial charge < -0.3 is 20.3 Å². The summed E-state index contributed by atoms with van der Waals surface area (Å²) in [6, 6.07) is 2.76. The molecule has 1 aromatic rings. The SMILES string of the molecule is CN=C(NCCN(C)CCCOC)NCC(C)N1CCc2sccc2C1. The minimum absolute atomic E-state index is 0.485. The Morgan fingerprint density at radius 2 is 2.27 bits per heavy atom. The van der Waals surface area contributed by atoms with Crippen molar-refractivity contribution in [2.75, 3.05) is 60.5 Å². The summed E-state index contributed by atoms with van der Waals surface area (Å²) in [5.74, 6) is 0.885. The molecule has 148 valence electrons. The van der Waals surface area contributed by atoms with Gasteiger partial charge in [-0.1, -0.05) is 0 Å². The maximum absolute atomic E-state index is 5.10. The summed E-state index contributed by atoms with van der Waals surface area (Å²) in [7, 11) is 5.73. The molecule has 1 aliphatic rings. The molecule has 0 aliphatic carbocycles. The Bertz CT molecular complexity index is 548. The van der Waals surface area contributed by atoms with E-state index >= 15 is 0 Å². The standard InChI is InChI=1S/C19H35N5OS/c1-16(24-10-6-18-17(15-24)7-13-26-18)14-22-19(20-2)21-8-11-23(3)9-5-12-25-4/h7,13,16H,5-6,8-12,14-15H2,1-4H3,(H2,20,21,22). The lowest BCUT2D eigenvalue weighted by Crippen LogP contribution is -2.48. The molecule has 0 radical (unpaired) electrons. The van der Waals surface area contributed by atoms with Crippen molar-refractivity contribution in [2.24, 2.45) is 4.99 Å². The first kappa shape index (κ1) is 21.2. The fraction of sp³-hybridized carbons (Fsp3) is 0.737. The van der Waals surface area contributed by atoms with Crippen molar-refractivity contribution >= 4 is 17.3 Å². The number of hydrogen-bond acceptors (Lipinski definition) is 5. The molecular weight excluding hydrogens is 346 g/mol. The summed E-state index contributed by atoms with van der Waals surface area (Å²) < 4.78 is 5.10. The molecule has 1 aromatic heterocycles. The first-order valence-corrected chi connectivity index (χ1v) is 10.4. The van der Waals surface area contributed by atoms with Gasteiger partial charge in [0.25, 0.3) is 0 Å². The van der Waals surface area contributed by atoms with Crippen LogP contribution in [0.3, 0.4) is 0 Å². The van der Waals surface area contributed by atoms with E-state index in [1.807, 2.05) is 18.4 Å². The predicted molar refractivity (Wildman–Crippen MR) is 111 cm³/mol. The minimum atomic E-state index is 0.485. The summed E-state index contributed by atoms with van der Waals surface area (Å²) >= 11 is 1.90. The van der Waals surface area contributed by atoms with Crippen LogP contribution in [0.25, 0.3) is 0 Å². The number of nitrogens with one attached hydrogen (secondary N) is 2. The number of thiophene rings is 1. The summed E-state index contributed by atoms with van der Waals surface area (Å²) in [6.07, 6.45) is 2.25. The van der Waals surface area contributed by atoms with E-state index in [2.05, 4.69) is 50.8 Å². The van der Waals surface area contributed by atoms with E-state index in [1.165, 1.54) is 12.0 Å². The number of rotatable bonds is 10. The Morgan fingerprint density at radius 1 is 1.42 bits per heavy atom. The molecule has 0 spiro atoms. The molecule has 7 heteroatoms. The predicted octanol–water partition coefficient (Wildman–Crippen LogP) is 1.63. The number of nitrogens with zero attached hydrogens (tertiary/aromatic N) is 3. The molecule has 0 bridgehead atoms. The molecule has 6 nitrogen and oxygen atoms in total. The Morgan fingerprint density at radius 3 is 3.04 bits per heavy atom. The van der Waals surface area contributed by atoms with Gasteiger partial charge in [0.05, 0.1) is 0 Å². The van der Waals surface area contributed by atoms with Gasteiger partial charge in [0.1, 0.15) is 0 Å².